The van der Waals surface area contributed by atoms with Gasteiger partial charge in [0.2, 0.25) is 0 Å². The molecule has 0 aliphatic rings. The fourth-order valence-corrected chi connectivity index (χ4v) is 1.66. The van der Waals surface area contributed by atoms with E-state index in [9.17, 15) is 0 Å². The van der Waals surface area contributed by atoms with Crippen LogP contribution in [0.25, 0.3) is 0 Å². The molecule has 0 heterocycles. The van der Waals surface area contributed by atoms with Crippen molar-refractivity contribution in [1.82, 2.24) is 0 Å². The predicted octanol–water partition coefficient (Wildman–Crippen LogP) is 3.40. The van der Waals surface area contributed by atoms with E-state index in [-0.39, 0.29) is 5.92 Å². The molecule has 0 fully saturated rings. The van der Waals surface area contributed by atoms with Crippen molar-refractivity contribution in [3.8, 4) is 0 Å². The van der Waals surface area contributed by atoms with E-state index in [0.717, 1.165) is 10.2 Å². The maximum Gasteiger partial charge on any atom is 0.102 e. The van der Waals surface area contributed by atoms with Gasteiger partial charge in [0.15, 0.2) is 0 Å². The fourth-order valence-electron chi connectivity index (χ4n) is 1.06. The van der Waals surface area contributed by atoms with Gasteiger partial charge in [-0.1, -0.05) is 29.8 Å². The third-order valence-electron chi connectivity index (χ3n) is 1.88. The molecule has 0 aromatic heterocycles. The van der Waals surface area contributed by atoms with E-state index in [1.165, 1.54) is 5.56 Å². The molecule has 0 radical (unpaired) electrons. The summed E-state index contributed by atoms with van der Waals surface area (Å²) in [7, 11) is 0. The van der Waals surface area contributed by atoms with Crippen LogP contribution >= 0.6 is 15.9 Å². The maximum atomic E-state index is 5.78. The van der Waals surface area contributed by atoms with Gasteiger partial charge in [0, 0.05) is 10.4 Å². The van der Waals surface area contributed by atoms with Gasteiger partial charge in [-0.2, -0.15) is 0 Å². The average Bonchev–Trinajstić information content (AvgIpc) is 2.01. The van der Waals surface area contributed by atoms with Crippen LogP contribution in [0.1, 0.15) is 19.4 Å². The van der Waals surface area contributed by atoms with Crippen molar-refractivity contribution in [2.45, 2.75) is 20.8 Å². The Morgan fingerprint density at radius 3 is 2.50 bits per heavy atom. The number of halogens is 1. The van der Waals surface area contributed by atoms with Gasteiger partial charge in [0.05, 0.1) is 5.69 Å². The van der Waals surface area contributed by atoms with E-state index in [2.05, 4.69) is 20.9 Å². The number of hydrogen-bond donors (Lipinski definition) is 1. The second kappa shape index (κ2) is 4.60. The van der Waals surface area contributed by atoms with E-state index < -0.39 is 0 Å². The molecule has 0 saturated carbocycles. The Kier molecular flexibility index (Phi) is 3.69. The Labute approximate surface area is 93.4 Å². The van der Waals surface area contributed by atoms with Gasteiger partial charge < -0.3 is 5.73 Å². The normalized spacial score (nSPS) is 12.2. The zero-order valence-corrected chi connectivity index (χ0v) is 10.3. The molecule has 0 aliphatic heterocycles. The van der Waals surface area contributed by atoms with Crippen molar-refractivity contribution < 1.29 is 0 Å². The standard InChI is InChI=1S/C11H15BrN2/c1-7(2)11(13)14-10-5-8(3)4-9(12)6-10/h4-7H,1-3H3,(H2,13,14). The van der Waals surface area contributed by atoms with E-state index in [1.807, 2.05) is 39.0 Å². The summed E-state index contributed by atoms with van der Waals surface area (Å²) in [6.07, 6.45) is 0. The second-order valence-electron chi connectivity index (χ2n) is 3.68. The van der Waals surface area contributed by atoms with Crippen LogP contribution in [0.4, 0.5) is 5.69 Å². The van der Waals surface area contributed by atoms with Crippen molar-refractivity contribution in [2.24, 2.45) is 16.6 Å². The molecule has 1 aromatic carbocycles. The molecule has 2 N–H and O–H groups in total. The number of aliphatic imine (C=N–C) groups is 1. The van der Waals surface area contributed by atoms with Gasteiger partial charge in [0.1, 0.15) is 5.84 Å². The van der Waals surface area contributed by atoms with Crippen LogP contribution in [0.3, 0.4) is 0 Å². The van der Waals surface area contributed by atoms with Crippen molar-refractivity contribution in [1.29, 1.82) is 0 Å². The quantitative estimate of drug-likeness (QED) is 0.638. The molecule has 1 rings (SSSR count). The third kappa shape index (κ3) is 3.14. The minimum atomic E-state index is 0.286. The monoisotopic (exact) mass is 254 g/mol. The molecule has 0 spiro atoms. The van der Waals surface area contributed by atoms with Crippen LogP contribution in [0.5, 0.6) is 0 Å². The first-order valence-corrected chi connectivity index (χ1v) is 5.39. The first-order chi connectivity index (χ1) is 6.49. The molecular weight excluding hydrogens is 240 g/mol. The third-order valence-corrected chi connectivity index (χ3v) is 2.33. The SMILES string of the molecule is Cc1cc(Br)cc(N=C(N)C(C)C)c1. The number of hydrogen-bond acceptors (Lipinski definition) is 1. The molecular formula is C11H15BrN2. The number of rotatable bonds is 2. The number of nitrogens with two attached hydrogens (primary N) is 1. The predicted molar refractivity (Wildman–Crippen MR) is 65.0 cm³/mol. The lowest BCUT2D eigenvalue weighted by molar-refractivity contribution is 0.873. The summed E-state index contributed by atoms with van der Waals surface area (Å²) in [6, 6.07) is 6.02. The fraction of sp³-hybridized carbons (Fsp3) is 0.364. The van der Waals surface area contributed by atoms with E-state index in [1.54, 1.807) is 0 Å². The van der Waals surface area contributed by atoms with Gasteiger partial charge in [-0.15, -0.1) is 0 Å². The molecule has 1 aromatic rings. The van der Waals surface area contributed by atoms with Crippen LogP contribution in [0, 0.1) is 12.8 Å². The summed E-state index contributed by atoms with van der Waals surface area (Å²) in [5, 5.41) is 0. The smallest absolute Gasteiger partial charge is 0.102 e. The van der Waals surface area contributed by atoms with E-state index in [4.69, 9.17) is 5.73 Å². The van der Waals surface area contributed by atoms with Gasteiger partial charge in [-0.3, -0.25) is 0 Å². The number of nitrogens with zero attached hydrogens (tertiary/aromatic N) is 1. The molecule has 0 bridgehead atoms. The highest BCUT2D eigenvalue weighted by Crippen LogP contribution is 2.21. The number of amidine groups is 1. The van der Waals surface area contributed by atoms with Gasteiger partial charge in [0.25, 0.3) is 0 Å². The summed E-state index contributed by atoms with van der Waals surface area (Å²) in [5.41, 5.74) is 7.86. The molecule has 0 amide bonds. The minimum absolute atomic E-state index is 0.286. The lowest BCUT2D eigenvalue weighted by Crippen LogP contribution is -2.17. The average molecular weight is 255 g/mol. The molecule has 14 heavy (non-hydrogen) atoms. The number of aryl methyl sites for hydroxylation is 1. The molecule has 76 valence electrons. The molecule has 0 atom stereocenters. The van der Waals surface area contributed by atoms with Gasteiger partial charge >= 0.3 is 0 Å². The lowest BCUT2D eigenvalue weighted by Gasteiger charge is -2.04. The Balaban J connectivity index is 3.02. The van der Waals surface area contributed by atoms with Crippen molar-refractivity contribution in [3.05, 3.63) is 28.2 Å². The second-order valence-corrected chi connectivity index (χ2v) is 4.59. The van der Waals surface area contributed by atoms with E-state index in [0.29, 0.717) is 5.84 Å². The Hall–Kier alpha value is -0.830. The van der Waals surface area contributed by atoms with Crippen LogP contribution < -0.4 is 5.73 Å². The Morgan fingerprint density at radius 1 is 1.36 bits per heavy atom. The molecule has 0 aliphatic carbocycles. The highest BCUT2D eigenvalue weighted by Gasteiger charge is 2.00. The molecule has 0 saturated heterocycles. The highest BCUT2D eigenvalue weighted by atomic mass is 79.9. The molecule has 0 unspecified atom stereocenters. The summed E-state index contributed by atoms with van der Waals surface area (Å²) >= 11 is 3.43. The summed E-state index contributed by atoms with van der Waals surface area (Å²) in [4.78, 5) is 4.34. The van der Waals surface area contributed by atoms with Crippen LogP contribution in [0.15, 0.2) is 27.7 Å². The summed E-state index contributed by atoms with van der Waals surface area (Å²) < 4.78 is 1.04. The van der Waals surface area contributed by atoms with Crippen molar-refractivity contribution in [3.63, 3.8) is 0 Å². The lowest BCUT2D eigenvalue weighted by atomic mass is 10.2. The first kappa shape index (κ1) is 11.2. The molecule has 3 heteroatoms. The van der Waals surface area contributed by atoms with Gasteiger partial charge in [-0.25, -0.2) is 4.99 Å². The Bertz CT molecular complexity index is 336. The van der Waals surface area contributed by atoms with Crippen LogP contribution in [-0.4, -0.2) is 5.84 Å². The molecule has 2 nitrogen and oxygen atoms in total. The zero-order valence-electron chi connectivity index (χ0n) is 8.71. The number of benzene rings is 1. The summed E-state index contributed by atoms with van der Waals surface area (Å²) in [6.45, 7) is 6.10. The maximum absolute atomic E-state index is 5.78. The Morgan fingerprint density at radius 2 is 2.00 bits per heavy atom. The van der Waals surface area contributed by atoms with E-state index >= 15 is 0 Å². The van der Waals surface area contributed by atoms with Crippen LogP contribution in [-0.2, 0) is 0 Å². The van der Waals surface area contributed by atoms with Gasteiger partial charge in [-0.05, 0) is 30.7 Å². The summed E-state index contributed by atoms with van der Waals surface area (Å²) in [5.74, 6) is 0.955. The van der Waals surface area contributed by atoms with Crippen LogP contribution in [0.2, 0.25) is 0 Å². The topological polar surface area (TPSA) is 38.4 Å². The van der Waals surface area contributed by atoms with Crippen molar-refractivity contribution in [2.75, 3.05) is 0 Å². The minimum Gasteiger partial charge on any atom is -0.387 e. The first-order valence-electron chi connectivity index (χ1n) is 4.60. The zero-order chi connectivity index (χ0) is 10.7. The highest BCUT2D eigenvalue weighted by molar-refractivity contribution is 9.10. The van der Waals surface area contributed by atoms with Crippen molar-refractivity contribution >= 4 is 27.5 Å². The largest absolute Gasteiger partial charge is 0.387 e.